The van der Waals surface area contributed by atoms with Gasteiger partial charge in [0.2, 0.25) is 0 Å². The molecule has 1 rings (SSSR count). The van der Waals surface area contributed by atoms with Crippen molar-refractivity contribution in [1.29, 1.82) is 0 Å². The Labute approximate surface area is 92.2 Å². The van der Waals surface area contributed by atoms with Gasteiger partial charge >= 0.3 is 11.2 Å². The number of carboxylic acids is 1. The number of nitro groups is 1. The van der Waals surface area contributed by atoms with Gasteiger partial charge < -0.3 is 5.11 Å². The van der Waals surface area contributed by atoms with Crippen LogP contribution in [-0.2, 0) is 4.79 Å². The summed E-state index contributed by atoms with van der Waals surface area (Å²) in [5, 5.41) is 14.5. The van der Waals surface area contributed by atoms with Crippen LogP contribution in [0.4, 0.5) is 14.5 Å². The van der Waals surface area contributed by atoms with Crippen LogP contribution in [0.5, 0.6) is 0 Å². The van der Waals surface area contributed by atoms with Gasteiger partial charge in [0.15, 0.2) is 0 Å². The molecular formula is C8H5F2NO4S. The molecule has 1 N–H and O–H groups in total. The number of benzene rings is 1. The fourth-order valence-corrected chi connectivity index (χ4v) is 1.48. The van der Waals surface area contributed by atoms with E-state index in [2.05, 4.69) is 0 Å². The van der Waals surface area contributed by atoms with Crippen LogP contribution in [-0.4, -0.2) is 21.3 Å². The molecule has 0 aromatic heterocycles. The number of carbonyl (C=O) groups is 1. The van der Waals surface area contributed by atoms with Crippen LogP contribution in [0.3, 0.4) is 0 Å². The molecular weight excluding hydrogens is 244 g/mol. The first-order valence-electron chi connectivity index (χ1n) is 3.87. The van der Waals surface area contributed by atoms with Gasteiger partial charge in [-0.15, -0.1) is 0 Å². The van der Waals surface area contributed by atoms with Gasteiger partial charge in [-0.1, -0.05) is 0 Å². The molecule has 0 aliphatic carbocycles. The summed E-state index contributed by atoms with van der Waals surface area (Å²) >= 11 is -0.181. The molecule has 0 amide bonds. The lowest BCUT2D eigenvalue weighted by atomic mass is 10.3. The van der Waals surface area contributed by atoms with Crippen molar-refractivity contribution in [3.63, 3.8) is 0 Å². The van der Waals surface area contributed by atoms with Gasteiger partial charge in [-0.25, -0.2) is 4.79 Å². The highest BCUT2D eigenvalue weighted by Gasteiger charge is 2.40. The molecule has 0 fully saturated rings. The van der Waals surface area contributed by atoms with E-state index in [4.69, 9.17) is 5.11 Å². The number of nitro benzene ring substituents is 1. The average Bonchev–Trinajstić information content (AvgIpc) is 2.17. The van der Waals surface area contributed by atoms with E-state index in [1.54, 1.807) is 0 Å². The molecule has 0 atom stereocenters. The van der Waals surface area contributed by atoms with Crippen molar-refractivity contribution in [2.75, 3.05) is 0 Å². The van der Waals surface area contributed by atoms with Crippen LogP contribution in [0.15, 0.2) is 29.2 Å². The maximum absolute atomic E-state index is 12.7. The lowest BCUT2D eigenvalue weighted by Gasteiger charge is -2.09. The number of halogens is 2. The summed E-state index contributed by atoms with van der Waals surface area (Å²) in [4.78, 5) is 19.6. The lowest BCUT2D eigenvalue weighted by molar-refractivity contribution is -0.384. The minimum atomic E-state index is -3.95. The molecule has 5 nitrogen and oxygen atoms in total. The van der Waals surface area contributed by atoms with Gasteiger partial charge in [0, 0.05) is 17.0 Å². The second-order valence-corrected chi connectivity index (χ2v) is 3.86. The van der Waals surface area contributed by atoms with Crippen molar-refractivity contribution in [3.05, 3.63) is 34.4 Å². The number of alkyl halides is 2. The summed E-state index contributed by atoms with van der Waals surface area (Å²) in [5.41, 5.74) is -0.247. The van der Waals surface area contributed by atoms with E-state index < -0.39 is 16.1 Å². The third kappa shape index (κ3) is 2.89. The zero-order chi connectivity index (χ0) is 12.3. The number of carboxylic acid groups (broad SMARTS) is 1. The first kappa shape index (κ1) is 12.4. The number of rotatable bonds is 4. The quantitative estimate of drug-likeness (QED) is 0.503. The molecule has 0 aliphatic heterocycles. The Kier molecular flexibility index (Phi) is 3.43. The summed E-state index contributed by atoms with van der Waals surface area (Å²) in [6.07, 6.45) is 0. The molecule has 1 aromatic carbocycles. The SMILES string of the molecule is O=C(O)C(F)(F)Sc1ccc([N+](=O)[O-])cc1. The van der Waals surface area contributed by atoms with Gasteiger partial charge in [0.1, 0.15) is 0 Å². The summed E-state index contributed by atoms with van der Waals surface area (Å²) in [5.74, 6) is -2.25. The minimum absolute atomic E-state index is 0.0574. The van der Waals surface area contributed by atoms with Gasteiger partial charge in [-0.3, -0.25) is 10.1 Å². The molecule has 16 heavy (non-hydrogen) atoms. The number of aliphatic carboxylic acids is 1. The van der Waals surface area contributed by atoms with Crippen molar-refractivity contribution in [3.8, 4) is 0 Å². The molecule has 0 spiro atoms. The number of hydrogen-bond acceptors (Lipinski definition) is 4. The van der Waals surface area contributed by atoms with Crippen molar-refractivity contribution in [2.24, 2.45) is 0 Å². The Hall–Kier alpha value is -1.70. The molecule has 86 valence electrons. The van der Waals surface area contributed by atoms with E-state index in [-0.39, 0.29) is 22.3 Å². The zero-order valence-corrected chi connectivity index (χ0v) is 8.41. The van der Waals surface area contributed by atoms with Gasteiger partial charge in [0.25, 0.3) is 5.69 Å². The van der Waals surface area contributed by atoms with Crippen LogP contribution in [0.1, 0.15) is 0 Å². The first-order chi connectivity index (χ1) is 7.33. The number of thioether (sulfide) groups is 1. The van der Waals surface area contributed by atoms with Crippen molar-refractivity contribution < 1.29 is 23.6 Å². The fraction of sp³-hybridized carbons (Fsp3) is 0.125. The maximum Gasteiger partial charge on any atom is 0.393 e. The summed E-state index contributed by atoms with van der Waals surface area (Å²) in [7, 11) is 0. The van der Waals surface area contributed by atoms with Crippen LogP contribution in [0, 0.1) is 10.1 Å². The average molecular weight is 249 g/mol. The Bertz CT molecular complexity index is 421. The smallest absolute Gasteiger partial charge is 0.393 e. The Morgan fingerprint density at radius 1 is 1.38 bits per heavy atom. The van der Waals surface area contributed by atoms with E-state index in [0.29, 0.717) is 0 Å². The molecule has 0 aliphatic rings. The van der Waals surface area contributed by atoms with Crippen molar-refractivity contribution in [2.45, 2.75) is 10.2 Å². The monoisotopic (exact) mass is 249 g/mol. The molecule has 8 heteroatoms. The molecule has 0 radical (unpaired) electrons. The molecule has 0 heterocycles. The highest BCUT2D eigenvalue weighted by atomic mass is 32.2. The summed E-state index contributed by atoms with van der Waals surface area (Å²) in [6.45, 7) is 0. The summed E-state index contributed by atoms with van der Waals surface area (Å²) in [6, 6.07) is 4.19. The van der Waals surface area contributed by atoms with E-state index in [9.17, 15) is 23.7 Å². The van der Waals surface area contributed by atoms with Crippen LogP contribution >= 0.6 is 11.8 Å². The second kappa shape index (κ2) is 4.44. The predicted octanol–water partition coefficient (Wildman–Crippen LogP) is 2.36. The largest absolute Gasteiger partial charge is 0.476 e. The highest BCUT2D eigenvalue weighted by Crippen LogP contribution is 2.36. The van der Waals surface area contributed by atoms with E-state index in [1.165, 1.54) is 0 Å². The van der Waals surface area contributed by atoms with Gasteiger partial charge in [0.05, 0.1) is 4.92 Å². The predicted molar refractivity (Wildman–Crippen MR) is 51.5 cm³/mol. The molecule has 1 aromatic rings. The van der Waals surface area contributed by atoms with E-state index >= 15 is 0 Å². The molecule has 0 saturated carbocycles. The van der Waals surface area contributed by atoms with Gasteiger partial charge in [-0.05, 0) is 23.9 Å². The third-order valence-electron chi connectivity index (χ3n) is 1.54. The first-order valence-corrected chi connectivity index (χ1v) is 4.69. The zero-order valence-electron chi connectivity index (χ0n) is 7.59. The highest BCUT2D eigenvalue weighted by molar-refractivity contribution is 8.01. The molecule has 0 unspecified atom stereocenters. The van der Waals surface area contributed by atoms with Crippen molar-refractivity contribution >= 4 is 23.4 Å². The number of nitrogens with zero attached hydrogens (tertiary/aromatic N) is 1. The summed E-state index contributed by atoms with van der Waals surface area (Å²) < 4.78 is 25.4. The number of hydrogen-bond donors (Lipinski definition) is 1. The molecule has 0 bridgehead atoms. The number of non-ortho nitro benzene ring substituents is 1. The standard InChI is InChI=1S/C8H5F2NO4S/c9-8(10,7(12)13)16-6-3-1-5(2-4-6)11(14)15/h1-4H,(H,12,13). The Morgan fingerprint density at radius 2 is 1.88 bits per heavy atom. The van der Waals surface area contributed by atoms with Crippen LogP contribution in [0.2, 0.25) is 0 Å². The minimum Gasteiger partial charge on any atom is -0.476 e. The Morgan fingerprint density at radius 3 is 2.25 bits per heavy atom. The molecule has 0 saturated heterocycles. The second-order valence-electron chi connectivity index (χ2n) is 2.68. The Balaban J connectivity index is 2.84. The fourth-order valence-electron chi connectivity index (χ4n) is 0.828. The van der Waals surface area contributed by atoms with Crippen LogP contribution < -0.4 is 0 Å². The van der Waals surface area contributed by atoms with Crippen LogP contribution in [0.25, 0.3) is 0 Å². The van der Waals surface area contributed by atoms with E-state index in [0.717, 1.165) is 24.3 Å². The van der Waals surface area contributed by atoms with Crippen molar-refractivity contribution in [1.82, 2.24) is 0 Å². The lowest BCUT2D eigenvalue weighted by Crippen LogP contribution is -2.23. The topological polar surface area (TPSA) is 80.4 Å². The van der Waals surface area contributed by atoms with Gasteiger partial charge in [-0.2, -0.15) is 8.78 Å². The normalized spacial score (nSPS) is 11.1. The van der Waals surface area contributed by atoms with E-state index in [1.807, 2.05) is 0 Å². The maximum atomic E-state index is 12.7. The third-order valence-corrected chi connectivity index (χ3v) is 2.48.